The van der Waals surface area contributed by atoms with Crippen molar-refractivity contribution in [2.24, 2.45) is 17.8 Å². The summed E-state index contributed by atoms with van der Waals surface area (Å²) in [5.74, 6) is -0.0600. The van der Waals surface area contributed by atoms with Gasteiger partial charge in [-0.2, -0.15) is 0 Å². The number of hydrogen-bond acceptors (Lipinski definition) is 2. The lowest BCUT2D eigenvalue weighted by Gasteiger charge is -2.31. The lowest BCUT2D eigenvalue weighted by molar-refractivity contribution is -0.138. The van der Waals surface area contributed by atoms with E-state index in [9.17, 15) is 14.7 Å². The number of rotatable bonds is 26. The highest BCUT2D eigenvalue weighted by molar-refractivity contribution is 5.81. The summed E-state index contributed by atoms with van der Waals surface area (Å²) in [5.41, 5.74) is 0. The van der Waals surface area contributed by atoms with E-state index in [0.717, 1.165) is 38.8 Å². The first-order valence-electron chi connectivity index (χ1n) is 16.0. The summed E-state index contributed by atoms with van der Waals surface area (Å²) < 4.78 is 0. The number of nitrogens with zero attached hydrogens (tertiary/aromatic N) is 1. The number of aliphatic carboxylic acids is 1. The third kappa shape index (κ3) is 21.3. The predicted octanol–water partition coefficient (Wildman–Crippen LogP) is 9.82. The van der Waals surface area contributed by atoms with Crippen LogP contribution in [0.15, 0.2) is 12.2 Å². The molecule has 4 heteroatoms. The largest absolute Gasteiger partial charge is 0.481 e. The molecule has 0 aliphatic rings. The summed E-state index contributed by atoms with van der Waals surface area (Å²) in [5, 5.41) is 9.31. The minimum Gasteiger partial charge on any atom is -0.481 e. The summed E-state index contributed by atoms with van der Waals surface area (Å²) in [6.45, 7) is 12.8. The molecule has 0 saturated heterocycles. The van der Waals surface area contributed by atoms with Gasteiger partial charge in [-0.05, 0) is 43.9 Å². The summed E-state index contributed by atoms with van der Waals surface area (Å²) >= 11 is 0. The molecule has 0 radical (unpaired) electrons. The molecule has 0 aromatic rings. The fourth-order valence-electron chi connectivity index (χ4n) is 5.15. The highest BCUT2D eigenvalue weighted by Gasteiger charge is 2.25. The van der Waals surface area contributed by atoms with E-state index in [1.165, 1.54) is 83.5 Å². The molecule has 0 bridgehead atoms. The Morgan fingerprint density at radius 2 is 1.14 bits per heavy atom. The third-order valence-electron chi connectivity index (χ3n) is 7.56. The minimum absolute atomic E-state index is 0.0461. The van der Waals surface area contributed by atoms with Crippen LogP contribution in [-0.2, 0) is 9.59 Å². The first-order valence-corrected chi connectivity index (χ1v) is 16.0. The second-order valence-corrected chi connectivity index (χ2v) is 11.7. The zero-order valence-electron chi connectivity index (χ0n) is 25.4. The summed E-state index contributed by atoms with van der Waals surface area (Å²) in [7, 11) is 0. The standard InChI is InChI=1S/C33H63NO3/c1-6-9-12-13-14-15-16-17-18-21-24-31(25-26-32(35)36)33(37)34(27-29(4)22-19-10-7-2)28-30(5)23-20-11-8-3/h21,24,29-31H,6-20,22-23,25-28H2,1-5H3,(H,35,36)/b24-21-. The second-order valence-electron chi connectivity index (χ2n) is 11.7. The average Bonchev–Trinajstić information content (AvgIpc) is 2.86. The van der Waals surface area contributed by atoms with Crippen LogP contribution in [0, 0.1) is 17.8 Å². The molecule has 0 heterocycles. The molecule has 0 saturated carbocycles. The Morgan fingerprint density at radius 3 is 1.62 bits per heavy atom. The number of carboxylic acids is 1. The number of carboxylic acid groups (broad SMARTS) is 1. The van der Waals surface area contributed by atoms with E-state index >= 15 is 0 Å². The lowest BCUT2D eigenvalue weighted by Crippen LogP contribution is -2.41. The summed E-state index contributed by atoms with van der Waals surface area (Å²) in [6.07, 6.45) is 25.6. The van der Waals surface area contributed by atoms with Gasteiger partial charge in [0.2, 0.25) is 5.91 Å². The van der Waals surface area contributed by atoms with Crippen molar-refractivity contribution in [3.63, 3.8) is 0 Å². The first-order chi connectivity index (χ1) is 17.8. The Kier molecular flexibility index (Phi) is 24.1. The fourth-order valence-corrected chi connectivity index (χ4v) is 5.15. The Morgan fingerprint density at radius 1 is 0.676 bits per heavy atom. The van der Waals surface area contributed by atoms with E-state index in [1.807, 2.05) is 6.08 Å². The SMILES string of the molecule is CCCCCCCCCC/C=C\C(CCC(=O)O)C(=O)N(CC(C)CCCCC)CC(C)CCCCC. The van der Waals surface area contributed by atoms with Crippen LogP contribution in [0.4, 0.5) is 0 Å². The molecule has 0 spiro atoms. The van der Waals surface area contributed by atoms with Gasteiger partial charge in [-0.15, -0.1) is 0 Å². The number of unbranched alkanes of at least 4 members (excludes halogenated alkanes) is 12. The highest BCUT2D eigenvalue weighted by atomic mass is 16.4. The van der Waals surface area contributed by atoms with Gasteiger partial charge >= 0.3 is 5.97 Å². The Hall–Kier alpha value is -1.32. The van der Waals surface area contributed by atoms with Gasteiger partial charge in [0.25, 0.3) is 0 Å². The Bertz CT molecular complexity index is 556. The molecular weight excluding hydrogens is 458 g/mol. The molecule has 0 aromatic heterocycles. The van der Waals surface area contributed by atoms with Crippen molar-refractivity contribution in [3.05, 3.63) is 12.2 Å². The first kappa shape index (κ1) is 35.7. The maximum Gasteiger partial charge on any atom is 0.303 e. The van der Waals surface area contributed by atoms with E-state index < -0.39 is 5.97 Å². The molecule has 4 nitrogen and oxygen atoms in total. The van der Waals surface area contributed by atoms with Gasteiger partial charge in [0.05, 0.1) is 5.92 Å². The monoisotopic (exact) mass is 521 g/mol. The van der Waals surface area contributed by atoms with Crippen molar-refractivity contribution in [1.82, 2.24) is 4.90 Å². The number of amides is 1. The zero-order valence-corrected chi connectivity index (χ0v) is 25.4. The maximum absolute atomic E-state index is 13.8. The van der Waals surface area contributed by atoms with Gasteiger partial charge in [-0.3, -0.25) is 9.59 Å². The third-order valence-corrected chi connectivity index (χ3v) is 7.56. The Balaban J connectivity index is 5.08. The van der Waals surface area contributed by atoms with Crippen LogP contribution in [0.25, 0.3) is 0 Å². The molecule has 0 fully saturated rings. The molecule has 37 heavy (non-hydrogen) atoms. The molecular formula is C33H63NO3. The predicted molar refractivity (Wildman–Crippen MR) is 160 cm³/mol. The zero-order chi connectivity index (χ0) is 27.7. The molecule has 3 unspecified atom stereocenters. The maximum atomic E-state index is 13.8. The van der Waals surface area contributed by atoms with Crippen LogP contribution in [0.2, 0.25) is 0 Å². The van der Waals surface area contributed by atoms with Crippen LogP contribution >= 0.6 is 0 Å². The molecule has 218 valence electrons. The van der Waals surface area contributed by atoms with E-state index in [1.54, 1.807) is 0 Å². The Labute approximate surface area is 231 Å². The number of carbonyl (C=O) groups excluding carboxylic acids is 1. The molecule has 1 amide bonds. The van der Waals surface area contributed by atoms with Gasteiger partial charge in [0.1, 0.15) is 0 Å². The van der Waals surface area contributed by atoms with E-state index in [0.29, 0.717) is 18.3 Å². The molecule has 1 N–H and O–H groups in total. The van der Waals surface area contributed by atoms with Crippen molar-refractivity contribution in [1.29, 1.82) is 0 Å². The summed E-state index contributed by atoms with van der Waals surface area (Å²) in [4.78, 5) is 27.2. The number of hydrogen-bond donors (Lipinski definition) is 1. The molecule has 0 aliphatic carbocycles. The van der Waals surface area contributed by atoms with E-state index in [4.69, 9.17) is 0 Å². The van der Waals surface area contributed by atoms with Crippen LogP contribution < -0.4 is 0 Å². The van der Waals surface area contributed by atoms with Crippen LogP contribution in [0.5, 0.6) is 0 Å². The molecule has 3 atom stereocenters. The lowest BCUT2D eigenvalue weighted by atomic mass is 9.96. The van der Waals surface area contributed by atoms with Gasteiger partial charge in [-0.1, -0.05) is 130 Å². The van der Waals surface area contributed by atoms with Crippen molar-refractivity contribution in [2.75, 3.05) is 13.1 Å². The van der Waals surface area contributed by atoms with Crippen molar-refractivity contribution < 1.29 is 14.7 Å². The van der Waals surface area contributed by atoms with Gasteiger partial charge in [-0.25, -0.2) is 0 Å². The normalized spacial score (nSPS) is 14.1. The molecule has 0 aliphatic heterocycles. The van der Waals surface area contributed by atoms with Gasteiger partial charge < -0.3 is 10.0 Å². The van der Waals surface area contributed by atoms with Crippen LogP contribution in [0.1, 0.15) is 157 Å². The molecule has 0 rings (SSSR count). The second kappa shape index (κ2) is 25.0. The van der Waals surface area contributed by atoms with E-state index in [2.05, 4.69) is 45.6 Å². The van der Waals surface area contributed by atoms with Crippen molar-refractivity contribution in [3.8, 4) is 0 Å². The topological polar surface area (TPSA) is 57.6 Å². The number of allylic oxidation sites excluding steroid dienone is 1. The van der Waals surface area contributed by atoms with Crippen LogP contribution in [-0.4, -0.2) is 35.0 Å². The fraction of sp³-hybridized carbons (Fsp3) is 0.879. The number of carbonyl (C=O) groups is 2. The summed E-state index contributed by atoms with van der Waals surface area (Å²) in [6, 6.07) is 0. The van der Waals surface area contributed by atoms with E-state index in [-0.39, 0.29) is 18.2 Å². The average molecular weight is 522 g/mol. The van der Waals surface area contributed by atoms with Crippen LogP contribution in [0.3, 0.4) is 0 Å². The quantitative estimate of drug-likeness (QED) is 0.0910. The van der Waals surface area contributed by atoms with Gasteiger partial charge in [0.15, 0.2) is 0 Å². The smallest absolute Gasteiger partial charge is 0.303 e. The molecule has 0 aromatic carbocycles. The minimum atomic E-state index is -0.818. The van der Waals surface area contributed by atoms with Gasteiger partial charge in [0, 0.05) is 19.5 Å². The van der Waals surface area contributed by atoms with Crippen molar-refractivity contribution in [2.45, 2.75) is 157 Å². The van der Waals surface area contributed by atoms with Crippen molar-refractivity contribution >= 4 is 11.9 Å². The highest BCUT2D eigenvalue weighted by Crippen LogP contribution is 2.21.